The fourth-order valence-electron chi connectivity index (χ4n) is 2.17. The molecule has 3 heteroatoms. The summed E-state index contributed by atoms with van der Waals surface area (Å²) in [7, 11) is 1.68. The lowest BCUT2D eigenvalue weighted by molar-refractivity contribution is 0.415. The first-order valence-electron chi connectivity index (χ1n) is 5.97. The van der Waals surface area contributed by atoms with Gasteiger partial charge in [-0.15, -0.1) is 0 Å². The van der Waals surface area contributed by atoms with Crippen LogP contribution in [0.5, 0.6) is 5.75 Å². The van der Waals surface area contributed by atoms with Gasteiger partial charge in [0.05, 0.1) is 12.6 Å². The molecule has 94 valence electrons. The second-order valence-corrected chi connectivity index (χ2v) is 5.39. The molecule has 0 bridgehead atoms. The normalized spacial score (nSPS) is 10.6. The van der Waals surface area contributed by atoms with Gasteiger partial charge < -0.3 is 4.74 Å². The number of hydrogen-bond donors (Lipinski definition) is 0. The molecule has 19 heavy (non-hydrogen) atoms. The molecule has 0 amide bonds. The molecular formula is C16H12INO. The maximum absolute atomic E-state index is 5.21. The number of rotatable bonds is 2. The van der Waals surface area contributed by atoms with E-state index in [0.29, 0.717) is 0 Å². The fourth-order valence-corrected chi connectivity index (χ4v) is 2.91. The Hall–Kier alpha value is -1.62. The van der Waals surface area contributed by atoms with Crippen LogP contribution in [-0.4, -0.2) is 12.1 Å². The zero-order chi connectivity index (χ0) is 13.2. The lowest BCUT2D eigenvalue weighted by Crippen LogP contribution is -1.89. The van der Waals surface area contributed by atoms with Crippen LogP contribution in [0, 0.1) is 3.57 Å². The number of nitrogens with zero attached hydrogens (tertiary/aromatic N) is 1. The summed E-state index contributed by atoms with van der Waals surface area (Å²) in [5, 5.41) is 1.18. The molecule has 0 atom stereocenters. The lowest BCUT2D eigenvalue weighted by Gasteiger charge is -2.09. The molecule has 3 rings (SSSR count). The maximum atomic E-state index is 5.21. The van der Waals surface area contributed by atoms with Gasteiger partial charge in [-0.1, -0.05) is 30.3 Å². The largest absolute Gasteiger partial charge is 0.497 e. The van der Waals surface area contributed by atoms with E-state index in [1.54, 1.807) is 7.11 Å². The third-order valence-electron chi connectivity index (χ3n) is 3.11. The summed E-state index contributed by atoms with van der Waals surface area (Å²) in [6.07, 6.45) is 1.92. The van der Waals surface area contributed by atoms with Crippen molar-refractivity contribution in [3.05, 3.63) is 58.3 Å². The van der Waals surface area contributed by atoms with Gasteiger partial charge in [-0.05, 0) is 46.4 Å². The first-order valence-corrected chi connectivity index (χ1v) is 7.05. The van der Waals surface area contributed by atoms with E-state index in [-0.39, 0.29) is 0 Å². The summed E-state index contributed by atoms with van der Waals surface area (Å²) in [5.41, 5.74) is 3.44. The van der Waals surface area contributed by atoms with E-state index in [4.69, 9.17) is 4.74 Å². The number of ether oxygens (including phenoxy) is 1. The van der Waals surface area contributed by atoms with Crippen LogP contribution in [0.1, 0.15) is 0 Å². The van der Waals surface area contributed by atoms with E-state index in [0.717, 1.165) is 14.8 Å². The summed E-state index contributed by atoms with van der Waals surface area (Å²) >= 11 is 2.34. The fraction of sp³-hybridized carbons (Fsp3) is 0.0625. The van der Waals surface area contributed by atoms with E-state index in [1.165, 1.54) is 16.5 Å². The van der Waals surface area contributed by atoms with Crippen LogP contribution >= 0.6 is 22.6 Å². The zero-order valence-electron chi connectivity index (χ0n) is 10.4. The van der Waals surface area contributed by atoms with Crippen LogP contribution in [-0.2, 0) is 0 Å². The minimum Gasteiger partial charge on any atom is -0.497 e. The van der Waals surface area contributed by atoms with Crippen molar-refractivity contribution in [3.63, 3.8) is 0 Å². The van der Waals surface area contributed by atoms with E-state index in [9.17, 15) is 0 Å². The Labute approximate surface area is 125 Å². The third-order valence-corrected chi connectivity index (χ3v) is 3.93. The maximum Gasteiger partial charge on any atom is 0.118 e. The molecule has 0 N–H and O–H groups in total. The number of benzene rings is 2. The van der Waals surface area contributed by atoms with E-state index >= 15 is 0 Å². The molecule has 0 radical (unpaired) electrons. The Morgan fingerprint density at radius 1 is 1.00 bits per heavy atom. The predicted molar refractivity (Wildman–Crippen MR) is 86.4 cm³/mol. The topological polar surface area (TPSA) is 22.1 Å². The van der Waals surface area contributed by atoms with Crippen LogP contribution in [0.2, 0.25) is 0 Å². The summed E-state index contributed by atoms with van der Waals surface area (Å²) in [5.74, 6) is 0.872. The number of aromatic nitrogens is 1. The average molecular weight is 361 g/mol. The van der Waals surface area contributed by atoms with Gasteiger partial charge >= 0.3 is 0 Å². The Morgan fingerprint density at radius 2 is 1.74 bits per heavy atom. The molecule has 0 unspecified atom stereocenters. The Bertz CT molecular complexity index is 722. The van der Waals surface area contributed by atoms with Crippen LogP contribution < -0.4 is 4.74 Å². The molecular weight excluding hydrogens is 349 g/mol. The Kier molecular flexibility index (Phi) is 3.38. The minimum absolute atomic E-state index is 0.872. The summed E-state index contributed by atoms with van der Waals surface area (Å²) in [4.78, 5) is 4.47. The first-order chi connectivity index (χ1) is 9.29. The second kappa shape index (κ2) is 5.17. The highest BCUT2D eigenvalue weighted by Crippen LogP contribution is 2.32. The van der Waals surface area contributed by atoms with Gasteiger partial charge in [0.15, 0.2) is 0 Å². The van der Waals surface area contributed by atoms with Gasteiger partial charge in [0.1, 0.15) is 5.75 Å². The van der Waals surface area contributed by atoms with Gasteiger partial charge in [0.25, 0.3) is 0 Å². The highest BCUT2D eigenvalue weighted by molar-refractivity contribution is 14.1. The SMILES string of the molecule is COc1ccc(-c2c(I)cnc3ccccc23)cc1. The van der Waals surface area contributed by atoms with Crippen molar-refractivity contribution in [1.82, 2.24) is 4.98 Å². The number of hydrogen-bond acceptors (Lipinski definition) is 2. The van der Waals surface area contributed by atoms with Gasteiger partial charge in [-0.25, -0.2) is 0 Å². The standard InChI is InChI=1S/C16H12INO/c1-19-12-8-6-11(7-9-12)16-13-4-2-3-5-15(13)18-10-14(16)17/h2-10H,1H3. The molecule has 0 aliphatic rings. The molecule has 0 saturated heterocycles. The monoisotopic (exact) mass is 361 g/mol. The molecule has 0 fully saturated rings. The lowest BCUT2D eigenvalue weighted by atomic mass is 10.0. The number of pyridine rings is 1. The van der Waals surface area contributed by atoms with Gasteiger partial charge in [0.2, 0.25) is 0 Å². The van der Waals surface area contributed by atoms with E-state index in [1.807, 2.05) is 36.5 Å². The van der Waals surface area contributed by atoms with Gasteiger partial charge in [0, 0.05) is 20.7 Å². The van der Waals surface area contributed by atoms with Gasteiger partial charge in [-0.3, -0.25) is 4.98 Å². The van der Waals surface area contributed by atoms with Crippen LogP contribution in [0.25, 0.3) is 22.0 Å². The van der Waals surface area contributed by atoms with Crippen molar-refractivity contribution in [2.75, 3.05) is 7.11 Å². The van der Waals surface area contributed by atoms with Crippen molar-refractivity contribution in [3.8, 4) is 16.9 Å². The van der Waals surface area contributed by atoms with Crippen molar-refractivity contribution < 1.29 is 4.74 Å². The summed E-state index contributed by atoms with van der Waals surface area (Å²) < 4.78 is 6.36. The molecule has 2 aromatic carbocycles. The average Bonchev–Trinajstić information content (AvgIpc) is 2.47. The number of fused-ring (bicyclic) bond motifs is 1. The molecule has 0 aliphatic carbocycles. The van der Waals surface area contributed by atoms with Crippen LogP contribution in [0.4, 0.5) is 0 Å². The molecule has 2 nitrogen and oxygen atoms in total. The molecule has 0 saturated carbocycles. The quantitative estimate of drug-likeness (QED) is 0.627. The van der Waals surface area contributed by atoms with Gasteiger partial charge in [-0.2, -0.15) is 0 Å². The molecule has 1 aromatic heterocycles. The van der Waals surface area contributed by atoms with E-state index < -0.39 is 0 Å². The molecule has 1 heterocycles. The Morgan fingerprint density at radius 3 is 2.47 bits per heavy atom. The predicted octanol–water partition coefficient (Wildman–Crippen LogP) is 4.52. The highest BCUT2D eigenvalue weighted by atomic mass is 127. The first kappa shape index (κ1) is 12.4. The number of para-hydroxylation sites is 1. The molecule has 0 aliphatic heterocycles. The minimum atomic E-state index is 0.872. The summed E-state index contributed by atoms with van der Waals surface area (Å²) in [6, 6.07) is 16.4. The van der Waals surface area contributed by atoms with Crippen molar-refractivity contribution in [2.45, 2.75) is 0 Å². The summed E-state index contributed by atoms with van der Waals surface area (Å²) in [6.45, 7) is 0. The smallest absolute Gasteiger partial charge is 0.118 e. The zero-order valence-corrected chi connectivity index (χ0v) is 12.6. The van der Waals surface area contributed by atoms with Crippen molar-refractivity contribution in [2.24, 2.45) is 0 Å². The second-order valence-electron chi connectivity index (χ2n) is 4.23. The van der Waals surface area contributed by atoms with Crippen LogP contribution in [0.3, 0.4) is 0 Å². The van der Waals surface area contributed by atoms with Crippen molar-refractivity contribution >= 4 is 33.5 Å². The number of halogens is 1. The Balaban J connectivity index is 2.25. The highest BCUT2D eigenvalue weighted by Gasteiger charge is 2.09. The van der Waals surface area contributed by atoms with Crippen molar-refractivity contribution in [1.29, 1.82) is 0 Å². The van der Waals surface area contributed by atoms with E-state index in [2.05, 4.69) is 45.8 Å². The van der Waals surface area contributed by atoms with Crippen LogP contribution in [0.15, 0.2) is 54.7 Å². The molecule has 3 aromatic rings. The number of methoxy groups -OCH3 is 1. The third kappa shape index (κ3) is 2.30. The molecule has 0 spiro atoms.